The summed E-state index contributed by atoms with van der Waals surface area (Å²) in [6.07, 6.45) is 2.26. The molecule has 0 unspecified atom stereocenters. The van der Waals surface area contributed by atoms with Crippen LogP contribution in [0.2, 0.25) is 0 Å². The molecule has 3 amide bonds. The lowest BCUT2D eigenvalue weighted by Gasteiger charge is -2.15. The van der Waals surface area contributed by atoms with E-state index in [1.807, 2.05) is 0 Å². The third kappa shape index (κ3) is 5.55. The summed E-state index contributed by atoms with van der Waals surface area (Å²) < 4.78 is 0. The quantitative estimate of drug-likeness (QED) is 0.547. The monoisotopic (exact) mass is 348 g/mol. The molecule has 1 aromatic rings. The van der Waals surface area contributed by atoms with Crippen molar-refractivity contribution in [2.45, 2.75) is 19.3 Å². The molecule has 2 N–H and O–H groups in total. The lowest BCUT2D eigenvalue weighted by Crippen LogP contribution is -2.38. The minimum Gasteiger partial charge on any atom is -0.354 e. The fourth-order valence-electron chi connectivity index (χ4n) is 2.52. The molecule has 1 aliphatic rings. The predicted octanol–water partition coefficient (Wildman–Crippen LogP) is 0.453. The summed E-state index contributed by atoms with van der Waals surface area (Å²) in [5.74, 6) is -0.988. The maximum atomic E-state index is 11.9. The lowest BCUT2D eigenvalue weighted by molar-refractivity contribution is -0.384. The zero-order valence-corrected chi connectivity index (χ0v) is 13.7. The van der Waals surface area contributed by atoms with E-state index in [9.17, 15) is 24.5 Å². The van der Waals surface area contributed by atoms with Gasteiger partial charge in [0.1, 0.15) is 0 Å². The van der Waals surface area contributed by atoms with Crippen LogP contribution in [0.4, 0.5) is 5.69 Å². The van der Waals surface area contributed by atoms with Crippen LogP contribution in [0.15, 0.2) is 24.3 Å². The molecule has 1 aromatic carbocycles. The molecule has 1 heterocycles. The van der Waals surface area contributed by atoms with Crippen LogP contribution in [0.1, 0.15) is 29.6 Å². The van der Waals surface area contributed by atoms with Gasteiger partial charge in [0, 0.05) is 43.8 Å². The molecule has 134 valence electrons. The number of hydrogen-bond donors (Lipinski definition) is 2. The van der Waals surface area contributed by atoms with Gasteiger partial charge in [0.2, 0.25) is 11.8 Å². The van der Waals surface area contributed by atoms with Gasteiger partial charge in [0.05, 0.1) is 11.5 Å². The van der Waals surface area contributed by atoms with Gasteiger partial charge in [-0.3, -0.25) is 24.5 Å². The van der Waals surface area contributed by atoms with Crippen LogP contribution in [0.5, 0.6) is 0 Å². The predicted molar refractivity (Wildman–Crippen MR) is 88.9 cm³/mol. The zero-order chi connectivity index (χ0) is 18.2. The van der Waals surface area contributed by atoms with Crippen molar-refractivity contribution < 1.29 is 19.3 Å². The Kier molecular flexibility index (Phi) is 6.44. The summed E-state index contributed by atoms with van der Waals surface area (Å²) in [5, 5.41) is 15.6. The average Bonchev–Trinajstić information content (AvgIpc) is 3.14. The number of nitro benzene ring substituents is 1. The Labute approximate surface area is 144 Å². The molecule has 0 aromatic heterocycles. The second-order valence-corrected chi connectivity index (χ2v) is 5.68. The number of nitro groups is 1. The van der Waals surface area contributed by atoms with E-state index in [2.05, 4.69) is 10.6 Å². The van der Waals surface area contributed by atoms with Crippen LogP contribution in [0.3, 0.4) is 0 Å². The number of hydrogen-bond acceptors (Lipinski definition) is 5. The van der Waals surface area contributed by atoms with Gasteiger partial charge in [-0.1, -0.05) is 6.07 Å². The molecule has 1 aliphatic heterocycles. The number of benzene rings is 1. The summed E-state index contributed by atoms with van der Waals surface area (Å²) in [4.78, 5) is 47.3. The maximum absolute atomic E-state index is 11.9. The highest BCUT2D eigenvalue weighted by atomic mass is 16.6. The van der Waals surface area contributed by atoms with Gasteiger partial charge in [-0.15, -0.1) is 0 Å². The summed E-state index contributed by atoms with van der Waals surface area (Å²) >= 11 is 0. The third-order valence-corrected chi connectivity index (χ3v) is 3.85. The topological polar surface area (TPSA) is 122 Å². The van der Waals surface area contributed by atoms with Gasteiger partial charge >= 0.3 is 0 Å². The highest BCUT2D eigenvalue weighted by Crippen LogP contribution is 2.12. The number of nitrogens with one attached hydrogen (secondary N) is 2. The molecule has 0 atom stereocenters. The first kappa shape index (κ1) is 18.4. The van der Waals surface area contributed by atoms with Crippen molar-refractivity contribution in [1.82, 2.24) is 15.5 Å². The standard InChI is InChI=1S/C16H20N4O5/c21-14(17-7-6-15(22)19-8-1-2-9-19)11-18-16(23)12-4-3-5-13(10-12)20(24)25/h3-5,10H,1-2,6-9,11H2,(H,17,21)(H,18,23). The normalized spacial score (nSPS) is 13.4. The van der Waals surface area contributed by atoms with Crippen molar-refractivity contribution >= 4 is 23.4 Å². The third-order valence-electron chi connectivity index (χ3n) is 3.85. The van der Waals surface area contributed by atoms with E-state index in [4.69, 9.17) is 0 Å². The number of carbonyl (C=O) groups is 3. The second-order valence-electron chi connectivity index (χ2n) is 5.68. The van der Waals surface area contributed by atoms with Gasteiger partial charge in [-0.05, 0) is 18.9 Å². The molecule has 1 saturated heterocycles. The highest BCUT2D eigenvalue weighted by molar-refractivity contribution is 5.97. The number of amides is 3. The van der Waals surface area contributed by atoms with Crippen LogP contribution in [-0.2, 0) is 9.59 Å². The van der Waals surface area contributed by atoms with E-state index in [0.29, 0.717) is 0 Å². The van der Waals surface area contributed by atoms with Crippen molar-refractivity contribution in [2.24, 2.45) is 0 Å². The Bertz CT molecular complexity index is 670. The molecule has 0 aliphatic carbocycles. The first-order chi connectivity index (χ1) is 12.0. The van der Waals surface area contributed by atoms with E-state index in [0.717, 1.165) is 32.0 Å². The number of rotatable bonds is 7. The maximum Gasteiger partial charge on any atom is 0.270 e. The molecule has 0 saturated carbocycles. The molecule has 2 rings (SSSR count). The lowest BCUT2D eigenvalue weighted by atomic mass is 10.2. The summed E-state index contributed by atoms with van der Waals surface area (Å²) in [5.41, 5.74) is -0.0938. The number of likely N-dealkylation sites (tertiary alicyclic amines) is 1. The first-order valence-corrected chi connectivity index (χ1v) is 8.04. The van der Waals surface area contributed by atoms with Gasteiger partial charge < -0.3 is 15.5 Å². The molecule has 0 radical (unpaired) electrons. The fourth-order valence-corrected chi connectivity index (χ4v) is 2.52. The summed E-state index contributed by atoms with van der Waals surface area (Å²) in [6.45, 7) is 1.48. The zero-order valence-electron chi connectivity index (χ0n) is 13.7. The number of carbonyl (C=O) groups excluding carboxylic acids is 3. The smallest absolute Gasteiger partial charge is 0.270 e. The van der Waals surface area contributed by atoms with E-state index >= 15 is 0 Å². The van der Waals surface area contributed by atoms with Crippen LogP contribution in [0, 0.1) is 10.1 Å². The number of non-ortho nitro benzene ring substituents is 1. The van der Waals surface area contributed by atoms with Gasteiger partial charge in [-0.2, -0.15) is 0 Å². The Morgan fingerprint density at radius 3 is 2.56 bits per heavy atom. The number of nitrogens with zero attached hydrogens (tertiary/aromatic N) is 2. The molecule has 9 heteroatoms. The molecule has 0 bridgehead atoms. The average molecular weight is 348 g/mol. The Balaban J connectivity index is 1.70. The van der Waals surface area contributed by atoms with E-state index < -0.39 is 16.7 Å². The Hall–Kier alpha value is -2.97. The fraction of sp³-hybridized carbons (Fsp3) is 0.438. The van der Waals surface area contributed by atoms with E-state index in [-0.39, 0.29) is 36.7 Å². The summed E-state index contributed by atoms with van der Waals surface area (Å²) in [7, 11) is 0. The molecular formula is C16H20N4O5. The first-order valence-electron chi connectivity index (χ1n) is 8.04. The molecule has 25 heavy (non-hydrogen) atoms. The van der Waals surface area contributed by atoms with Crippen LogP contribution < -0.4 is 10.6 Å². The Morgan fingerprint density at radius 2 is 1.88 bits per heavy atom. The van der Waals surface area contributed by atoms with Gasteiger partial charge in [-0.25, -0.2) is 0 Å². The minimum atomic E-state index is -0.596. The summed E-state index contributed by atoms with van der Waals surface area (Å²) in [6, 6.07) is 5.24. The van der Waals surface area contributed by atoms with E-state index in [1.165, 1.54) is 18.2 Å². The van der Waals surface area contributed by atoms with Crippen molar-refractivity contribution in [3.63, 3.8) is 0 Å². The SMILES string of the molecule is O=C(CNC(=O)c1cccc([N+](=O)[O-])c1)NCCC(=O)N1CCCC1. The van der Waals surface area contributed by atoms with Crippen molar-refractivity contribution in [3.05, 3.63) is 39.9 Å². The van der Waals surface area contributed by atoms with Crippen LogP contribution >= 0.6 is 0 Å². The van der Waals surface area contributed by atoms with Crippen molar-refractivity contribution in [3.8, 4) is 0 Å². The molecule has 0 spiro atoms. The van der Waals surface area contributed by atoms with Gasteiger partial charge in [0.15, 0.2) is 0 Å². The van der Waals surface area contributed by atoms with Crippen molar-refractivity contribution in [2.75, 3.05) is 26.2 Å². The van der Waals surface area contributed by atoms with Crippen LogP contribution in [0.25, 0.3) is 0 Å². The minimum absolute atomic E-state index is 0.0124. The highest BCUT2D eigenvalue weighted by Gasteiger charge is 2.17. The second kappa shape index (κ2) is 8.76. The largest absolute Gasteiger partial charge is 0.354 e. The van der Waals surface area contributed by atoms with Crippen LogP contribution in [-0.4, -0.2) is 53.7 Å². The van der Waals surface area contributed by atoms with E-state index in [1.54, 1.807) is 4.90 Å². The molecule has 1 fully saturated rings. The molecule has 9 nitrogen and oxygen atoms in total. The Morgan fingerprint density at radius 1 is 1.16 bits per heavy atom. The van der Waals surface area contributed by atoms with Gasteiger partial charge in [0.25, 0.3) is 11.6 Å². The molecular weight excluding hydrogens is 328 g/mol. The van der Waals surface area contributed by atoms with Crippen molar-refractivity contribution in [1.29, 1.82) is 0 Å².